The number of carbonyl (C=O) groups excluding carboxylic acids is 2. The molecule has 1 N–H and O–H groups in total. The molecular weight excluding hydrogens is 372 g/mol. The van der Waals surface area contributed by atoms with Gasteiger partial charge < -0.3 is 10.2 Å². The van der Waals surface area contributed by atoms with Gasteiger partial charge in [-0.3, -0.25) is 9.59 Å². The molecule has 0 unspecified atom stereocenters. The van der Waals surface area contributed by atoms with E-state index in [0.717, 1.165) is 53.5 Å². The van der Waals surface area contributed by atoms with E-state index >= 15 is 0 Å². The van der Waals surface area contributed by atoms with Gasteiger partial charge in [-0.05, 0) is 57.2 Å². The van der Waals surface area contributed by atoms with Crippen molar-refractivity contribution in [3.05, 3.63) is 70.3 Å². The van der Waals surface area contributed by atoms with Crippen LogP contribution in [0, 0.1) is 20.8 Å². The average molecular weight is 407 g/mol. The Morgan fingerprint density at radius 2 is 1.67 bits per heavy atom. The van der Waals surface area contributed by atoms with Crippen molar-refractivity contribution in [2.24, 2.45) is 0 Å². The van der Waals surface area contributed by atoms with Crippen LogP contribution in [0.2, 0.25) is 0 Å². The summed E-state index contributed by atoms with van der Waals surface area (Å²) in [5, 5.41) is 3.16. The van der Waals surface area contributed by atoms with Crippen LogP contribution in [-0.2, 0) is 22.6 Å². The van der Waals surface area contributed by atoms with Gasteiger partial charge >= 0.3 is 0 Å². The Hall–Kier alpha value is -2.62. The van der Waals surface area contributed by atoms with Gasteiger partial charge in [0.15, 0.2) is 0 Å². The Balaban J connectivity index is 1.80. The zero-order chi connectivity index (χ0) is 21.7. The molecule has 0 spiro atoms. The minimum atomic E-state index is -0.511. The first-order chi connectivity index (χ1) is 14.3. The Morgan fingerprint density at radius 3 is 2.30 bits per heavy atom. The third-order valence-electron chi connectivity index (χ3n) is 6.11. The monoisotopic (exact) mass is 406 g/mol. The molecule has 0 radical (unpaired) electrons. The highest BCUT2D eigenvalue weighted by molar-refractivity contribution is 5.88. The van der Waals surface area contributed by atoms with Crippen molar-refractivity contribution >= 4 is 11.8 Å². The van der Waals surface area contributed by atoms with Crippen molar-refractivity contribution in [1.82, 2.24) is 10.2 Å². The van der Waals surface area contributed by atoms with Crippen LogP contribution in [0.3, 0.4) is 0 Å². The number of benzene rings is 2. The molecule has 2 aromatic rings. The minimum Gasteiger partial charge on any atom is -0.352 e. The van der Waals surface area contributed by atoms with E-state index in [0.29, 0.717) is 13.0 Å². The summed E-state index contributed by atoms with van der Waals surface area (Å²) in [6.07, 6.45) is 4.70. The number of rotatable bonds is 7. The van der Waals surface area contributed by atoms with E-state index in [9.17, 15) is 9.59 Å². The summed E-state index contributed by atoms with van der Waals surface area (Å²) < 4.78 is 0. The largest absolute Gasteiger partial charge is 0.352 e. The van der Waals surface area contributed by atoms with E-state index in [1.165, 1.54) is 0 Å². The summed E-state index contributed by atoms with van der Waals surface area (Å²) in [5.74, 6) is -0.0680. The molecule has 30 heavy (non-hydrogen) atoms. The molecular formula is C26H34N2O2. The lowest BCUT2D eigenvalue weighted by Crippen LogP contribution is -2.50. The summed E-state index contributed by atoms with van der Waals surface area (Å²) in [6.45, 7) is 8.43. The van der Waals surface area contributed by atoms with Gasteiger partial charge in [0.25, 0.3) is 0 Å². The quantitative estimate of drug-likeness (QED) is 0.729. The summed E-state index contributed by atoms with van der Waals surface area (Å²) >= 11 is 0. The van der Waals surface area contributed by atoms with Crippen molar-refractivity contribution in [2.75, 3.05) is 0 Å². The molecule has 1 saturated carbocycles. The van der Waals surface area contributed by atoms with Crippen LogP contribution in [0.15, 0.2) is 42.5 Å². The van der Waals surface area contributed by atoms with E-state index in [2.05, 4.69) is 23.5 Å². The smallest absolute Gasteiger partial charge is 0.242 e. The van der Waals surface area contributed by atoms with Gasteiger partial charge in [-0.15, -0.1) is 0 Å². The fraction of sp³-hybridized carbons (Fsp3) is 0.462. The predicted octanol–water partition coefficient (Wildman–Crippen LogP) is 4.63. The van der Waals surface area contributed by atoms with E-state index < -0.39 is 6.04 Å². The summed E-state index contributed by atoms with van der Waals surface area (Å²) in [6, 6.07) is 14.0. The van der Waals surface area contributed by atoms with Gasteiger partial charge in [0, 0.05) is 12.6 Å². The molecule has 4 heteroatoms. The molecule has 1 aliphatic carbocycles. The van der Waals surface area contributed by atoms with Gasteiger partial charge in [-0.2, -0.15) is 0 Å². The predicted molar refractivity (Wildman–Crippen MR) is 121 cm³/mol. The Kier molecular flexibility index (Phi) is 7.30. The lowest BCUT2D eigenvalue weighted by Gasteiger charge is -2.30. The molecule has 4 nitrogen and oxygen atoms in total. The molecule has 0 aromatic heterocycles. The Morgan fingerprint density at radius 1 is 1.03 bits per heavy atom. The van der Waals surface area contributed by atoms with Crippen molar-refractivity contribution in [2.45, 2.75) is 78.4 Å². The van der Waals surface area contributed by atoms with Crippen LogP contribution in [0.25, 0.3) is 0 Å². The van der Waals surface area contributed by atoms with Crippen molar-refractivity contribution in [3.63, 3.8) is 0 Å². The second-order valence-electron chi connectivity index (χ2n) is 8.79. The van der Waals surface area contributed by atoms with Crippen LogP contribution in [-0.4, -0.2) is 28.8 Å². The average Bonchev–Trinajstić information content (AvgIpc) is 3.19. The molecule has 0 heterocycles. The third-order valence-corrected chi connectivity index (χ3v) is 6.11. The van der Waals surface area contributed by atoms with Crippen molar-refractivity contribution < 1.29 is 9.59 Å². The molecule has 2 aromatic carbocycles. The van der Waals surface area contributed by atoms with Gasteiger partial charge in [-0.25, -0.2) is 0 Å². The van der Waals surface area contributed by atoms with E-state index in [-0.39, 0.29) is 17.9 Å². The maximum Gasteiger partial charge on any atom is 0.242 e. The molecule has 1 fully saturated rings. The lowest BCUT2D eigenvalue weighted by atomic mass is 10.0. The summed E-state index contributed by atoms with van der Waals surface area (Å²) in [4.78, 5) is 28.1. The maximum absolute atomic E-state index is 13.4. The first kappa shape index (κ1) is 22.1. The third kappa shape index (κ3) is 5.71. The van der Waals surface area contributed by atoms with Gasteiger partial charge in [-0.1, -0.05) is 66.4 Å². The molecule has 3 rings (SSSR count). The lowest BCUT2D eigenvalue weighted by molar-refractivity contribution is -0.140. The molecule has 1 atom stereocenters. The number of nitrogens with zero attached hydrogens (tertiary/aromatic N) is 1. The second-order valence-corrected chi connectivity index (χ2v) is 8.79. The number of hydrogen-bond donors (Lipinski definition) is 1. The fourth-order valence-electron chi connectivity index (χ4n) is 4.39. The van der Waals surface area contributed by atoms with Crippen LogP contribution in [0.5, 0.6) is 0 Å². The van der Waals surface area contributed by atoms with Crippen LogP contribution in [0.4, 0.5) is 0 Å². The van der Waals surface area contributed by atoms with Crippen LogP contribution < -0.4 is 5.32 Å². The summed E-state index contributed by atoms with van der Waals surface area (Å²) in [5.41, 5.74) is 5.50. The van der Waals surface area contributed by atoms with Crippen LogP contribution in [0.1, 0.15) is 60.4 Å². The standard InChI is InChI=1S/C26H34N2O2/c1-18-13-19(2)15-22(14-18)16-25(29)28(17-23-10-6-5-9-20(23)3)21(4)26(30)27-24-11-7-8-12-24/h5-6,9-10,13-15,21,24H,7-8,11-12,16-17H2,1-4H3,(H,27,30)/t21-/m1/s1. The Bertz CT molecular complexity index is 879. The normalized spacial score (nSPS) is 15.1. The number of amides is 2. The molecule has 0 bridgehead atoms. The number of carbonyl (C=O) groups is 2. The minimum absolute atomic E-state index is 0.0164. The molecule has 0 saturated heterocycles. The summed E-state index contributed by atoms with van der Waals surface area (Å²) in [7, 11) is 0. The topological polar surface area (TPSA) is 49.4 Å². The van der Waals surface area contributed by atoms with E-state index in [1.807, 2.05) is 52.0 Å². The molecule has 2 amide bonds. The van der Waals surface area contributed by atoms with Crippen molar-refractivity contribution in [3.8, 4) is 0 Å². The SMILES string of the molecule is Cc1cc(C)cc(CC(=O)N(Cc2ccccc2C)[C@H](C)C(=O)NC2CCCC2)c1. The molecule has 1 aliphatic rings. The van der Waals surface area contributed by atoms with Gasteiger partial charge in [0.05, 0.1) is 6.42 Å². The molecule has 160 valence electrons. The number of hydrogen-bond acceptors (Lipinski definition) is 2. The Labute approximate surface area is 180 Å². The fourth-order valence-corrected chi connectivity index (χ4v) is 4.39. The number of nitrogens with one attached hydrogen (secondary N) is 1. The highest BCUT2D eigenvalue weighted by Crippen LogP contribution is 2.20. The first-order valence-electron chi connectivity index (χ1n) is 11.0. The van der Waals surface area contributed by atoms with Gasteiger partial charge in [0.1, 0.15) is 6.04 Å². The second kappa shape index (κ2) is 9.92. The maximum atomic E-state index is 13.4. The van der Waals surface area contributed by atoms with Crippen LogP contribution >= 0.6 is 0 Å². The van der Waals surface area contributed by atoms with E-state index in [1.54, 1.807) is 4.90 Å². The highest BCUT2D eigenvalue weighted by Gasteiger charge is 2.28. The van der Waals surface area contributed by atoms with Crippen molar-refractivity contribution in [1.29, 1.82) is 0 Å². The zero-order valence-corrected chi connectivity index (χ0v) is 18.7. The number of aryl methyl sites for hydroxylation is 3. The zero-order valence-electron chi connectivity index (χ0n) is 18.7. The van der Waals surface area contributed by atoms with E-state index in [4.69, 9.17) is 0 Å². The first-order valence-corrected chi connectivity index (χ1v) is 11.0. The highest BCUT2D eigenvalue weighted by atomic mass is 16.2. The molecule has 0 aliphatic heterocycles. The van der Waals surface area contributed by atoms with Gasteiger partial charge in [0.2, 0.25) is 11.8 Å².